The van der Waals surface area contributed by atoms with Crippen LogP contribution in [-0.4, -0.2) is 19.1 Å². The van der Waals surface area contributed by atoms with Gasteiger partial charge in [0.25, 0.3) is 0 Å². The molecule has 0 aliphatic heterocycles. The van der Waals surface area contributed by atoms with Crippen molar-refractivity contribution >= 4 is 23.2 Å². The molecule has 0 heterocycles. The van der Waals surface area contributed by atoms with Crippen molar-refractivity contribution in [1.82, 2.24) is 0 Å². The van der Waals surface area contributed by atoms with E-state index in [-0.39, 0.29) is 5.91 Å². The average Bonchev–Trinajstić information content (AvgIpc) is 2.29. The summed E-state index contributed by atoms with van der Waals surface area (Å²) < 4.78 is 5.01. The average molecular weight is 255 g/mol. The zero-order chi connectivity index (χ0) is 12.8. The van der Waals surface area contributed by atoms with E-state index in [4.69, 9.17) is 22.1 Å². The van der Waals surface area contributed by atoms with Gasteiger partial charge in [-0.25, -0.2) is 0 Å². The Bertz CT molecular complexity index is 421. The van der Waals surface area contributed by atoms with Gasteiger partial charge >= 0.3 is 0 Å². The summed E-state index contributed by atoms with van der Waals surface area (Å²) in [6.45, 7) is 3.53. The summed E-state index contributed by atoms with van der Waals surface area (Å²) in [5.41, 5.74) is 6.21. The summed E-state index contributed by atoms with van der Waals surface area (Å²) in [4.78, 5) is 11.6. The Hall–Kier alpha value is -1.52. The molecule has 0 saturated carbocycles. The lowest BCUT2D eigenvalue weighted by Gasteiger charge is -2.11. The molecule has 1 rings (SSSR count). The number of carbonyl (C=O) groups is 1. The SMILES string of the molecule is C=CCC(N)C(=O)Nc1ccc(OC)c(Cl)c1. The number of nitrogens with two attached hydrogens (primary N) is 1. The van der Waals surface area contributed by atoms with Gasteiger partial charge in [0, 0.05) is 5.69 Å². The minimum atomic E-state index is -0.603. The molecule has 1 aromatic rings. The van der Waals surface area contributed by atoms with Crippen LogP contribution < -0.4 is 15.8 Å². The predicted octanol–water partition coefficient (Wildman–Crippen LogP) is 2.19. The number of hydrogen-bond donors (Lipinski definition) is 2. The monoisotopic (exact) mass is 254 g/mol. The molecular weight excluding hydrogens is 240 g/mol. The number of halogens is 1. The van der Waals surface area contributed by atoms with Gasteiger partial charge in [-0.05, 0) is 24.6 Å². The van der Waals surface area contributed by atoms with E-state index in [1.807, 2.05) is 0 Å². The maximum absolute atomic E-state index is 11.6. The van der Waals surface area contributed by atoms with Crippen molar-refractivity contribution in [3.8, 4) is 5.75 Å². The molecule has 0 fully saturated rings. The Morgan fingerprint density at radius 1 is 1.71 bits per heavy atom. The molecule has 92 valence electrons. The standard InChI is InChI=1S/C12H15ClN2O2/c1-3-4-10(14)12(16)15-8-5-6-11(17-2)9(13)7-8/h3,5-7,10H,1,4,14H2,2H3,(H,15,16). The fourth-order valence-electron chi connectivity index (χ4n) is 1.27. The molecule has 1 unspecified atom stereocenters. The third-order valence-corrected chi connectivity index (χ3v) is 2.47. The Balaban J connectivity index is 2.72. The second kappa shape index (κ2) is 6.27. The number of rotatable bonds is 5. The van der Waals surface area contributed by atoms with Gasteiger partial charge in [0.2, 0.25) is 5.91 Å². The highest BCUT2D eigenvalue weighted by molar-refractivity contribution is 6.32. The van der Waals surface area contributed by atoms with Crippen molar-refractivity contribution in [3.05, 3.63) is 35.9 Å². The fraction of sp³-hybridized carbons (Fsp3) is 0.250. The van der Waals surface area contributed by atoms with Crippen LogP contribution in [0, 0.1) is 0 Å². The van der Waals surface area contributed by atoms with Gasteiger partial charge in [-0.3, -0.25) is 4.79 Å². The fourth-order valence-corrected chi connectivity index (χ4v) is 1.52. The summed E-state index contributed by atoms with van der Waals surface area (Å²) in [6.07, 6.45) is 2.03. The first-order chi connectivity index (χ1) is 8.08. The first-order valence-electron chi connectivity index (χ1n) is 5.09. The molecule has 4 nitrogen and oxygen atoms in total. The van der Waals surface area contributed by atoms with Crippen LogP contribution in [-0.2, 0) is 4.79 Å². The lowest BCUT2D eigenvalue weighted by atomic mass is 10.2. The van der Waals surface area contributed by atoms with E-state index in [2.05, 4.69) is 11.9 Å². The van der Waals surface area contributed by atoms with E-state index in [1.54, 1.807) is 24.3 Å². The quantitative estimate of drug-likeness (QED) is 0.792. The number of carbonyl (C=O) groups excluding carboxylic acids is 1. The van der Waals surface area contributed by atoms with Crippen molar-refractivity contribution in [2.75, 3.05) is 12.4 Å². The minimum absolute atomic E-state index is 0.272. The van der Waals surface area contributed by atoms with Crippen LogP contribution in [0.3, 0.4) is 0 Å². The highest BCUT2D eigenvalue weighted by Crippen LogP contribution is 2.27. The molecule has 17 heavy (non-hydrogen) atoms. The first kappa shape index (κ1) is 13.5. The van der Waals surface area contributed by atoms with Crippen molar-refractivity contribution < 1.29 is 9.53 Å². The third-order valence-electron chi connectivity index (χ3n) is 2.18. The molecule has 3 N–H and O–H groups in total. The normalized spacial score (nSPS) is 11.7. The molecular formula is C12H15ClN2O2. The molecule has 1 aromatic carbocycles. The molecule has 0 radical (unpaired) electrons. The maximum Gasteiger partial charge on any atom is 0.241 e. The first-order valence-corrected chi connectivity index (χ1v) is 5.47. The van der Waals surface area contributed by atoms with E-state index in [1.165, 1.54) is 7.11 Å². The maximum atomic E-state index is 11.6. The van der Waals surface area contributed by atoms with Crippen LogP contribution in [0.4, 0.5) is 5.69 Å². The minimum Gasteiger partial charge on any atom is -0.495 e. The van der Waals surface area contributed by atoms with Crippen LogP contribution in [0.1, 0.15) is 6.42 Å². The Kier molecular flexibility index (Phi) is 5.00. The predicted molar refractivity (Wildman–Crippen MR) is 69.4 cm³/mol. The second-order valence-electron chi connectivity index (χ2n) is 3.47. The van der Waals surface area contributed by atoms with Gasteiger partial charge in [0.05, 0.1) is 18.2 Å². The van der Waals surface area contributed by atoms with Gasteiger partial charge in [0.15, 0.2) is 0 Å². The van der Waals surface area contributed by atoms with E-state index in [0.29, 0.717) is 22.9 Å². The molecule has 0 spiro atoms. The summed E-state index contributed by atoms with van der Waals surface area (Å²) in [5.74, 6) is 0.284. The zero-order valence-electron chi connectivity index (χ0n) is 9.57. The molecule has 0 bridgehead atoms. The van der Waals surface area contributed by atoms with Crippen molar-refractivity contribution in [2.45, 2.75) is 12.5 Å². The van der Waals surface area contributed by atoms with Gasteiger partial charge in [0.1, 0.15) is 5.75 Å². The van der Waals surface area contributed by atoms with Gasteiger partial charge in [-0.2, -0.15) is 0 Å². The topological polar surface area (TPSA) is 64.4 Å². The van der Waals surface area contributed by atoms with Crippen LogP contribution in [0.15, 0.2) is 30.9 Å². The van der Waals surface area contributed by atoms with Crippen LogP contribution in [0.2, 0.25) is 5.02 Å². The summed E-state index contributed by atoms with van der Waals surface area (Å²) >= 11 is 5.93. The largest absolute Gasteiger partial charge is 0.495 e. The van der Waals surface area contributed by atoms with Crippen LogP contribution in [0.5, 0.6) is 5.75 Å². The number of nitrogens with one attached hydrogen (secondary N) is 1. The van der Waals surface area contributed by atoms with Crippen LogP contribution in [0.25, 0.3) is 0 Å². The molecule has 1 atom stereocenters. The van der Waals surface area contributed by atoms with Crippen molar-refractivity contribution in [3.63, 3.8) is 0 Å². The van der Waals surface area contributed by atoms with E-state index < -0.39 is 6.04 Å². The molecule has 0 aliphatic rings. The number of methoxy groups -OCH3 is 1. The number of ether oxygens (including phenoxy) is 1. The van der Waals surface area contributed by atoms with Crippen LogP contribution >= 0.6 is 11.6 Å². The van der Waals surface area contributed by atoms with E-state index >= 15 is 0 Å². The highest BCUT2D eigenvalue weighted by Gasteiger charge is 2.12. The van der Waals surface area contributed by atoms with Gasteiger partial charge < -0.3 is 15.8 Å². The number of benzene rings is 1. The van der Waals surface area contributed by atoms with E-state index in [0.717, 1.165) is 0 Å². The van der Waals surface area contributed by atoms with Gasteiger partial charge in [-0.1, -0.05) is 17.7 Å². The number of anilines is 1. The summed E-state index contributed by atoms with van der Waals surface area (Å²) in [6, 6.07) is 4.38. The summed E-state index contributed by atoms with van der Waals surface area (Å²) in [5, 5.41) is 3.10. The number of amides is 1. The smallest absolute Gasteiger partial charge is 0.241 e. The van der Waals surface area contributed by atoms with Crippen molar-refractivity contribution in [1.29, 1.82) is 0 Å². The lowest BCUT2D eigenvalue weighted by Crippen LogP contribution is -2.35. The van der Waals surface area contributed by atoms with Gasteiger partial charge in [-0.15, -0.1) is 6.58 Å². The molecule has 0 saturated heterocycles. The second-order valence-corrected chi connectivity index (χ2v) is 3.88. The Labute approximate surface area is 105 Å². The molecule has 1 amide bonds. The molecule has 0 aromatic heterocycles. The van der Waals surface area contributed by atoms with Crippen molar-refractivity contribution in [2.24, 2.45) is 5.73 Å². The van der Waals surface area contributed by atoms with E-state index in [9.17, 15) is 4.79 Å². The zero-order valence-corrected chi connectivity index (χ0v) is 10.3. The third kappa shape index (κ3) is 3.76. The highest BCUT2D eigenvalue weighted by atomic mass is 35.5. The number of hydrogen-bond acceptors (Lipinski definition) is 3. The summed E-state index contributed by atoms with van der Waals surface area (Å²) in [7, 11) is 1.53. The lowest BCUT2D eigenvalue weighted by molar-refractivity contribution is -0.117. The Morgan fingerprint density at radius 3 is 2.94 bits per heavy atom. The molecule has 0 aliphatic carbocycles. The Morgan fingerprint density at radius 2 is 2.41 bits per heavy atom. The molecule has 5 heteroatoms.